The van der Waals surface area contributed by atoms with Crippen molar-refractivity contribution >= 4 is 39.9 Å². The number of aromatic nitrogens is 3. The Balaban J connectivity index is 1.33. The van der Waals surface area contributed by atoms with E-state index in [0.29, 0.717) is 35.3 Å². The van der Waals surface area contributed by atoms with Gasteiger partial charge in [0, 0.05) is 17.5 Å². The third-order valence-corrected chi connectivity index (χ3v) is 5.55. The Morgan fingerprint density at radius 3 is 2.85 bits per heavy atom. The molecule has 0 aliphatic carbocycles. The fourth-order valence-corrected chi connectivity index (χ4v) is 3.87. The lowest BCUT2D eigenvalue weighted by Crippen LogP contribution is -2.04. The lowest BCUT2D eigenvalue weighted by atomic mass is 10.1. The van der Waals surface area contributed by atoms with Gasteiger partial charge in [0.2, 0.25) is 5.95 Å². The van der Waals surface area contributed by atoms with E-state index in [1.165, 1.54) is 12.4 Å². The lowest BCUT2D eigenvalue weighted by molar-refractivity contribution is 0.299. The van der Waals surface area contributed by atoms with Gasteiger partial charge in [-0.05, 0) is 55.0 Å². The van der Waals surface area contributed by atoms with Crippen LogP contribution in [-0.2, 0) is 17.8 Å². The largest absolute Gasteiger partial charge is 0.486 e. The molecule has 5 rings (SSSR count). The van der Waals surface area contributed by atoms with Gasteiger partial charge in [-0.15, -0.1) is 0 Å². The minimum atomic E-state index is -0.551. The monoisotopic (exact) mass is 477 g/mol. The highest BCUT2D eigenvalue weighted by Gasteiger charge is 2.15. The fraction of sp³-hybridized carbons (Fsp3) is 0.200. The second-order valence-corrected chi connectivity index (χ2v) is 8.35. The Bertz CT molecular complexity index is 1380. The van der Waals surface area contributed by atoms with E-state index in [1.54, 1.807) is 24.3 Å². The van der Waals surface area contributed by atoms with Crippen LogP contribution in [0, 0.1) is 5.95 Å². The van der Waals surface area contributed by atoms with Crippen LogP contribution >= 0.6 is 11.6 Å². The smallest absolute Gasteiger partial charge is 0.213 e. The van der Waals surface area contributed by atoms with Crippen molar-refractivity contribution in [3.05, 3.63) is 83.2 Å². The zero-order valence-corrected chi connectivity index (χ0v) is 19.1. The first-order valence-corrected chi connectivity index (χ1v) is 11.2. The molecular weight excluding hydrogens is 457 g/mol. The molecule has 0 spiro atoms. The number of aliphatic imine (C=N–C) groups is 1. The third kappa shape index (κ3) is 5.07. The molecule has 0 radical (unpaired) electrons. The number of nitrogens with zero attached hydrogens (tertiary/aromatic N) is 4. The molecule has 3 heterocycles. The highest BCUT2D eigenvalue weighted by atomic mass is 35.5. The van der Waals surface area contributed by atoms with Crippen LogP contribution in [0.5, 0.6) is 5.75 Å². The molecule has 172 valence electrons. The van der Waals surface area contributed by atoms with Crippen LogP contribution in [0.25, 0.3) is 10.9 Å². The molecule has 7 nitrogen and oxygen atoms in total. The Morgan fingerprint density at radius 1 is 1.15 bits per heavy atom. The fourth-order valence-electron chi connectivity index (χ4n) is 3.64. The summed E-state index contributed by atoms with van der Waals surface area (Å²) in [7, 11) is 0. The van der Waals surface area contributed by atoms with Crippen molar-refractivity contribution in [2.24, 2.45) is 4.99 Å². The van der Waals surface area contributed by atoms with Crippen molar-refractivity contribution in [3.8, 4) is 5.75 Å². The molecule has 2 aromatic heterocycles. The summed E-state index contributed by atoms with van der Waals surface area (Å²) in [4.78, 5) is 17.1. The minimum absolute atomic E-state index is 0.108. The van der Waals surface area contributed by atoms with Gasteiger partial charge in [-0.1, -0.05) is 23.7 Å². The van der Waals surface area contributed by atoms with Crippen LogP contribution in [0.15, 0.2) is 65.9 Å². The van der Waals surface area contributed by atoms with Crippen molar-refractivity contribution in [2.75, 3.05) is 11.9 Å². The van der Waals surface area contributed by atoms with Crippen molar-refractivity contribution in [1.82, 2.24) is 15.0 Å². The number of benzene rings is 2. The first kappa shape index (κ1) is 22.0. The minimum Gasteiger partial charge on any atom is -0.486 e. The van der Waals surface area contributed by atoms with Crippen LogP contribution < -0.4 is 10.1 Å². The van der Waals surface area contributed by atoms with Crippen molar-refractivity contribution in [2.45, 2.75) is 26.0 Å². The summed E-state index contributed by atoms with van der Waals surface area (Å²) < 4.78 is 24.6. The number of anilines is 2. The third-order valence-electron chi connectivity index (χ3n) is 5.25. The number of fused-ring (bicyclic) bond motifs is 1. The van der Waals surface area contributed by atoms with Crippen molar-refractivity contribution in [1.29, 1.82) is 0 Å². The summed E-state index contributed by atoms with van der Waals surface area (Å²) in [5.74, 6) is 1.32. The van der Waals surface area contributed by atoms with Gasteiger partial charge in [0.15, 0.2) is 5.90 Å². The zero-order chi connectivity index (χ0) is 23.5. The summed E-state index contributed by atoms with van der Waals surface area (Å²) in [5.41, 5.74) is 3.09. The zero-order valence-electron chi connectivity index (χ0n) is 18.3. The van der Waals surface area contributed by atoms with Gasteiger partial charge in [0.1, 0.15) is 31.1 Å². The van der Waals surface area contributed by atoms with Crippen LogP contribution in [0.2, 0.25) is 5.02 Å². The maximum Gasteiger partial charge on any atom is 0.213 e. The van der Waals surface area contributed by atoms with Gasteiger partial charge >= 0.3 is 0 Å². The molecule has 2 aromatic carbocycles. The van der Waals surface area contributed by atoms with Gasteiger partial charge < -0.3 is 14.8 Å². The van der Waals surface area contributed by atoms with Gasteiger partial charge in [0.05, 0.1) is 22.3 Å². The van der Waals surface area contributed by atoms with Crippen molar-refractivity contribution < 1.29 is 13.9 Å². The number of pyridine rings is 1. The van der Waals surface area contributed by atoms with E-state index in [-0.39, 0.29) is 12.6 Å². The first-order chi connectivity index (χ1) is 16.5. The second kappa shape index (κ2) is 9.61. The highest BCUT2D eigenvalue weighted by molar-refractivity contribution is 6.32. The van der Waals surface area contributed by atoms with E-state index in [0.717, 1.165) is 28.1 Å². The molecule has 1 N–H and O–H groups in total. The van der Waals surface area contributed by atoms with Gasteiger partial charge in [-0.3, -0.25) is 0 Å². The average Bonchev–Trinajstić information content (AvgIpc) is 3.23. The van der Waals surface area contributed by atoms with Crippen LogP contribution in [0.3, 0.4) is 0 Å². The number of ether oxygens (including phenoxy) is 2. The van der Waals surface area contributed by atoms with E-state index >= 15 is 0 Å². The number of rotatable bonds is 7. The normalized spacial score (nSPS) is 15.1. The number of hydrogen-bond acceptors (Lipinski definition) is 7. The van der Waals surface area contributed by atoms with Crippen LogP contribution in [0.4, 0.5) is 15.9 Å². The van der Waals surface area contributed by atoms with E-state index in [9.17, 15) is 4.39 Å². The molecule has 0 amide bonds. The predicted molar refractivity (Wildman–Crippen MR) is 129 cm³/mol. The number of nitrogens with one attached hydrogen (secondary N) is 1. The molecule has 4 aromatic rings. The summed E-state index contributed by atoms with van der Waals surface area (Å²) in [6.07, 6.45) is 2.13. The van der Waals surface area contributed by atoms with E-state index in [1.807, 2.05) is 31.2 Å². The first-order valence-electron chi connectivity index (χ1n) is 10.8. The molecule has 0 unspecified atom stereocenters. The molecule has 0 saturated heterocycles. The van der Waals surface area contributed by atoms with Gasteiger partial charge in [0.25, 0.3) is 0 Å². The highest BCUT2D eigenvalue weighted by Crippen LogP contribution is 2.31. The lowest BCUT2D eigenvalue weighted by Gasteiger charge is -2.12. The Kier molecular flexibility index (Phi) is 6.22. The van der Waals surface area contributed by atoms with Gasteiger partial charge in [-0.25, -0.2) is 19.9 Å². The van der Waals surface area contributed by atoms with E-state index in [4.69, 9.17) is 21.1 Å². The van der Waals surface area contributed by atoms with Crippen LogP contribution in [0.1, 0.15) is 18.2 Å². The Labute approximate surface area is 200 Å². The molecule has 1 aliphatic rings. The maximum atomic E-state index is 13.3. The van der Waals surface area contributed by atoms with E-state index < -0.39 is 5.95 Å². The van der Waals surface area contributed by atoms with Crippen molar-refractivity contribution in [3.63, 3.8) is 0 Å². The van der Waals surface area contributed by atoms with E-state index in [2.05, 4.69) is 25.3 Å². The molecular formula is C25H21ClFN5O2. The molecule has 0 saturated carbocycles. The summed E-state index contributed by atoms with van der Waals surface area (Å²) in [5, 5.41) is 4.59. The summed E-state index contributed by atoms with van der Waals surface area (Å²) in [6, 6.07) is 16.1. The molecule has 1 aliphatic heterocycles. The van der Waals surface area contributed by atoms with Crippen LogP contribution in [-0.4, -0.2) is 33.5 Å². The predicted octanol–water partition coefficient (Wildman–Crippen LogP) is 5.50. The SMILES string of the molecule is C[C@@H]1COC(Cc2ccc3ncnc(Nc4ccc(OCc5cccc(F)n5)c(Cl)c4)c3c2)=N1. The molecule has 0 bridgehead atoms. The topological polar surface area (TPSA) is 81.5 Å². The quantitative estimate of drug-likeness (QED) is 0.354. The average molecular weight is 478 g/mol. The van der Waals surface area contributed by atoms with Gasteiger partial charge in [-0.2, -0.15) is 4.39 Å². The number of halogens is 2. The molecule has 1 atom stereocenters. The molecule has 34 heavy (non-hydrogen) atoms. The summed E-state index contributed by atoms with van der Waals surface area (Å²) in [6.45, 7) is 2.76. The Morgan fingerprint density at radius 2 is 2.06 bits per heavy atom. The summed E-state index contributed by atoms with van der Waals surface area (Å²) >= 11 is 6.42. The second-order valence-electron chi connectivity index (χ2n) is 7.94. The Hall–Kier alpha value is -3.78. The molecule has 0 fully saturated rings. The maximum absolute atomic E-state index is 13.3. The molecule has 9 heteroatoms. The standard InChI is InChI=1S/C25H21ClFN5O2/c1-15-12-34-24(30-15)10-16-5-7-21-19(9-16)25(29-14-28-21)32-17-6-8-22(20(26)11-17)33-13-18-3-2-4-23(27)31-18/h2-9,11,14-15H,10,12-13H2,1H3,(H,28,29,32)/t15-/m1/s1. The number of hydrogen-bond donors (Lipinski definition) is 1.